The van der Waals surface area contributed by atoms with Gasteiger partial charge < -0.3 is 115 Å². The van der Waals surface area contributed by atoms with Gasteiger partial charge in [-0.3, -0.25) is 43.2 Å². The highest BCUT2D eigenvalue weighted by Crippen LogP contribution is 2.44. The van der Waals surface area contributed by atoms with Gasteiger partial charge in [0, 0.05) is 140 Å². The summed E-state index contributed by atoms with van der Waals surface area (Å²) in [6.07, 6.45) is -11.2. The number of hydrogen-bond acceptors (Lipinski definition) is 27. The van der Waals surface area contributed by atoms with Crippen LogP contribution in [0.5, 0.6) is 0 Å². The Balaban J connectivity index is 0.886. The second-order valence-electron chi connectivity index (χ2n) is 37.4. The topological polar surface area (TPSA) is 416 Å². The molecule has 7 amide bonds. The Bertz CT molecular complexity index is 3970. The molecule has 10 N–H and O–H groups in total. The third-order valence-electron chi connectivity index (χ3n) is 27.7. The van der Waals surface area contributed by atoms with E-state index in [0.717, 1.165) is 38.2 Å². The maximum atomic E-state index is 16.0. The number of aliphatic hydroxyl groups is 5. The van der Waals surface area contributed by atoms with Crippen molar-refractivity contribution in [2.75, 3.05) is 98.8 Å². The number of carbonyl (C=O) groups is 10. The molecule has 11 rings (SSSR count). The minimum atomic E-state index is -2.10. The number of fused-ring (bicyclic) bond motifs is 5. The van der Waals surface area contributed by atoms with Crippen molar-refractivity contribution in [2.45, 2.75) is 304 Å². The first kappa shape index (κ1) is 99.1. The van der Waals surface area contributed by atoms with Crippen LogP contribution < -0.4 is 31.5 Å². The summed E-state index contributed by atoms with van der Waals surface area (Å²) in [4.78, 5) is 161. The molecule has 0 saturated carbocycles. The lowest BCUT2D eigenvalue weighted by Gasteiger charge is -2.49. The molecule has 9 aliphatic rings. The number of likely N-dealkylation sites (N-methyl/N-ethyl adjacent to an activating group) is 2. The highest BCUT2D eigenvalue weighted by atomic mass is 32.2. The smallest absolute Gasteiger partial charge is 0.333 e. The molecular formula is C90H141N11O22S. The van der Waals surface area contributed by atoms with Gasteiger partial charge in [-0.2, -0.15) is 11.8 Å². The van der Waals surface area contributed by atoms with E-state index in [9.17, 15) is 44.7 Å². The quantitative estimate of drug-likeness (QED) is 0.0564. The van der Waals surface area contributed by atoms with Gasteiger partial charge in [0.15, 0.2) is 18.6 Å². The fourth-order valence-corrected chi connectivity index (χ4v) is 21.6. The number of carbonyl (C=O) groups excluding carboxylic acids is 10. The van der Waals surface area contributed by atoms with E-state index in [1.54, 1.807) is 97.5 Å². The first-order valence-electron chi connectivity index (χ1n) is 44.7. The fourth-order valence-electron chi connectivity index (χ4n) is 20.0. The maximum Gasteiger partial charge on any atom is 0.333 e. The molecule has 9 heterocycles. The van der Waals surface area contributed by atoms with Crippen molar-refractivity contribution in [2.24, 2.45) is 35.5 Å². The number of nitrogens with one attached hydrogen (secondary N) is 5. The number of anilines is 1. The number of cyclic esters (lactones) is 2. The normalized spacial score (nSPS) is 38.5. The van der Waals surface area contributed by atoms with Crippen molar-refractivity contribution >= 4 is 76.5 Å². The van der Waals surface area contributed by atoms with E-state index >= 15 is 28.8 Å². The number of rotatable bonds is 23. The maximum absolute atomic E-state index is 16.0. The van der Waals surface area contributed by atoms with Crippen LogP contribution in [0.25, 0.3) is 0 Å². The highest BCUT2D eigenvalue weighted by Gasteiger charge is 2.56. The average molecular weight is 1760 g/mol. The number of amides is 7. The number of Topliss-reactive ketones (excluding diaryl/α,β-unsaturated/α-hetero) is 1. The average Bonchev–Trinajstić information content (AvgIpc) is 0.880. The SMILES string of the molecule is CC[C@H]1NC(=O)[C@@H](NC(=O)CCC(=O)NCCN[C@@H]2[C@H](C)[C@@H](O)[C@](C)(O)[C@@H](CC)OC(=O)[C@H](C)[C@@H](OC3CC(C)(OC)C(O)C(C)O3)C(C)[C@@H](OC3OC(C)CC(N(C)C)C3O)[C@](C)(O)C[C@H]2C)[C@@H](C)OC(=O)[C@H](c2ccccc2)NC(=O)[C@@H]2CC(=O)[C@H](CS[C@@H]3CN4CCC3CC4)CN2C(=O)[C@H](Cc2ccc(N(C)C)cc2)N(C)C(=O)[C@@H]2CCCN2C1=O. The standard InChI is InChI=1S/C90H141N11O22S/c1-19-61-82(110)100-38-24-27-62(100)83(111)98(17)65(42-56-28-30-60(31-29-56)96(13)14)84(112)101-46-59(48-124-67-47-99-39-34-57(67)35-40-99)66(102)43-64(101)80(108)95-74(58-25-22-21-23-26-58)86(114)120-54(8)73(81(109)93-61)94-70(104)33-32-69(103)91-36-37-92-72-49(3)44-88(10,115)79(123-87-75(105)63(97(15)16)41-50(4)118-87)52(6)76(122-71-45-89(11,117-18)78(107)55(9)119-71)53(7)85(113)121-68(20-2)90(12,116)77(106)51(72)5/h21-23,25-26,28-31,49-55,57,59,61-65,67-68,71-79,87,92,105-107,115-116H,19-20,24,27,32-48H2,1-18H3,(H,91,103)(H,93,109)(H,94,104)(H,95,108)/t49-,50?,51+,52?,53-,54-,55?,59+,61-,62+,63?,64+,65+,67-,68-,71?,72+,73+,74+,75?,76+,77-,78?,79-,87?,88-,89?,90-/m1/s1. The monoisotopic (exact) mass is 1760 g/mol. The van der Waals surface area contributed by atoms with Crippen LogP contribution in [-0.4, -0.2) is 335 Å². The number of aliphatic hydroxyl groups excluding tert-OH is 3. The van der Waals surface area contributed by atoms with Gasteiger partial charge in [-0.05, 0) is 162 Å². The molecule has 2 bridgehead atoms. The van der Waals surface area contributed by atoms with E-state index in [4.69, 9.17) is 33.2 Å². The van der Waals surface area contributed by atoms with Crippen LogP contribution in [0.4, 0.5) is 5.69 Å². The van der Waals surface area contributed by atoms with E-state index in [0.29, 0.717) is 30.1 Å². The number of thioether (sulfide) groups is 1. The molecule has 9 aliphatic heterocycles. The molecule has 0 radical (unpaired) electrons. The third-order valence-corrected chi connectivity index (χ3v) is 29.3. The third kappa shape index (κ3) is 23.3. The number of piperidine rings is 4. The van der Waals surface area contributed by atoms with Gasteiger partial charge in [-0.25, -0.2) is 4.79 Å². The lowest BCUT2D eigenvalue weighted by molar-refractivity contribution is -0.318. The molecule has 28 atom stereocenters. The van der Waals surface area contributed by atoms with Crippen molar-refractivity contribution in [1.82, 2.24) is 51.1 Å². The number of ether oxygens (including phenoxy) is 7. The summed E-state index contributed by atoms with van der Waals surface area (Å²) in [6.45, 7) is 22.5. The van der Waals surface area contributed by atoms with Crippen LogP contribution in [0.15, 0.2) is 54.6 Å². The summed E-state index contributed by atoms with van der Waals surface area (Å²) < 4.78 is 44.6. The molecule has 9 saturated heterocycles. The number of ketones is 1. The molecule has 34 heteroatoms. The summed E-state index contributed by atoms with van der Waals surface area (Å²) in [5.41, 5.74) is -3.38. The zero-order valence-corrected chi connectivity index (χ0v) is 76.6. The zero-order chi connectivity index (χ0) is 90.9. The van der Waals surface area contributed by atoms with Gasteiger partial charge in [0.2, 0.25) is 41.4 Å². The molecule has 33 nitrogen and oxygen atoms in total. The molecule has 2 aromatic carbocycles. The van der Waals surface area contributed by atoms with Gasteiger partial charge in [-0.15, -0.1) is 0 Å². The largest absolute Gasteiger partial charge is 0.459 e. The van der Waals surface area contributed by atoms with E-state index in [1.165, 1.54) is 42.7 Å². The number of hydrogen-bond donors (Lipinski definition) is 10. The number of benzene rings is 2. The van der Waals surface area contributed by atoms with Crippen molar-refractivity contribution in [3.05, 3.63) is 65.7 Å². The number of nitrogens with zero attached hydrogens (tertiary/aromatic N) is 6. The van der Waals surface area contributed by atoms with Gasteiger partial charge >= 0.3 is 11.9 Å². The summed E-state index contributed by atoms with van der Waals surface area (Å²) >= 11 is 1.71. The molecule has 0 aromatic heterocycles. The predicted molar refractivity (Wildman–Crippen MR) is 462 cm³/mol. The van der Waals surface area contributed by atoms with Crippen molar-refractivity contribution in [1.29, 1.82) is 0 Å². The highest BCUT2D eigenvalue weighted by molar-refractivity contribution is 8.00. The molecule has 9 unspecified atom stereocenters. The van der Waals surface area contributed by atoms with Gasteiger partial charge in [0.1, 0.15) is 66.0 Å². The molecule has 9 fully saturated rings. The van der Waals surface area contributed by atoms with E-state index < -0.39 is 235 Å². The van der Waals surface area contributed by atoms with Crippen LogP contribution in [0.1, 0.15) is 177 Å². The Labute approximate surface area is 735 Å². The predicted octanol–water partition coefficient (Wildman–Crippen LogP) is 2.99. The lowest BCUT2D eigenvalue weighted by atomic mass is 9.72. The zero-order valence-electron chi connectivity index (χ0n) is 75.8. The Hall–Kier alpha value is -7.03. The molecular weight excluding hydrogens is 1620 g/mol. The summed E-state index contributed by atoms with van der Waals surface area (Å²) in [6, 6.07) is 5.70. The van der Waals surface area contributed by atoms with Crippen LogP contribution in [0, 0.1) is 35.5 Å². The van der Waals surface area contributed by atoms with Crippen molar-refractivity contribution in [3.8, 4) is 0 Å². The minimum absolute atomic E-state index is 0.00253. The van der Waals surface area contributed by atoms with Crippen molar-refractivity contribution < 1.29 is 107 Å². The van der Waals surface area contributed by atoms with E-state index in [1.807, 2.05) is 76.1 Å². The second kappa shape index (κ2) is 42.9. The number of esters is 2. The Morgan fingerprint density at radius 3 is 2.02 bits per heavy atom. The number of methoxy groups -OCH3 is 1. The van der Waals surface area contributed by atoms with Crippen LogP contribution in [-0.2, 0) is 87.5 Å². The van der Waals surface area contributed by atoms with E-state index in [2.05, 4.69) is 31.5 Å². The molecule has 2 aromatic rings. The Kier molecular flexibility index (Phi) is 34.3. The minimum Gasteiger partial charge on any atom is -0.459 e. The van der Waals surface area contributed by atoms with Gasteiger partial charge in [0.05, 0.1) is 47.6 Å². The molecule has 124 heavy (non-hydrogen) atoms. The van der Waals surface area contributed by atoms with E-state index in [-0.39, 0.29) is 81.3 Å². The lowest BCUT2D eigenvalue weighted by Crippen LogP contribution is -2.63. The second-order valence-corrected chi connectivity index (χ2v) is 38.6. The van der Waals surface area contributed by atoms with Gasteiger partial charge in [0.25, 0.3) is 0 Å². The molecule has 0 spiro atoms. The van der Waals surface area contributed by atoms with Crippen molar-refractivity contribution in [3.63, 3.8) is 0 Å². The molecule has 694 valence electrons. The van der Waals surface area contributed by atoms with Gasteiger partial charge in [-0.1, -0.05) is 77.1 Å². The summed E-state index contributed by atoms with van der Waals surface area (Å²) in [5, 5.41) is 76.4. The Morgan fingerprint density at radius 2 is 1.39 bits per heavy atom. The Morgan fingerprint density at radius 1 is 0.710 bits per heavy atom. The van der Waals surface area contributed by atoms with Crippen LogP contribution in [0.3, 0.4) is 0 Å². The van der Waals surface area contributed by atoms with Crippen LogP contribution >= 0.6 is 11.8 Å². The first-order valence-corrected chi connectivity index (χ1v) is 45.8. The fraction of sp³-hybridized carbons (Fsp3) is 0.756. The first-order chi connectivity index (χ1) is 58.5. The summed E-state index contributed by atoms with van der Waals surface area (Å²) in [7, 11) is 10.4. The van der Waals surface area contributed by atoms with Crippen LogP contribution in [0.2, 0.25) is 0 Å². The summed E-state index contributed by atoms with van der Waals surface area (Å²) in [5.74, 6) is -10.8. The molecule has 0 aliphatic carbocycles.